The Kier molecular flexibility index (Phi) is 9.14. The lowest BCUT2D eigenvalue weighted by Crippen LogP contribution is -2.43. The van der Waals surface area contributed by atoms with Gasteiger partial charge in [-0.15, -0.1) is 10.2 Å². The van der Waals surface area contributed by atoms with E-state index in [1.54, 1.807) is 36.7 Å². The molecule has 5 heterocycles. The molecule has 0 radical (unpaired) electrons. The van der Waals surface area contributed by atoms with Crippen molar-refractivity contribution in [1.29, 1.82) is 0 Å². The maximum Gasteiger partial charge on any atom is 0.249 e. The van der Waals surface area contributed by atoms with Gasteiger partial charge in [-0.2, -0.15) is 0 Å². The van der Waals surface area contributed by atoms with Crippen LogP contribution in [0.3, 0.4) is 0 Å². The molecule has 8 rings (SSSR count). The maximum absolute atomic E-state index is 13.0. The number of nitrogen functional groups attached to an aromatic ring is 1. The highest BCUT2D eigenvalue weighted by molar-refractivity contribution is 6.12. The third kappa shape index (κ3) is 6.27. The Morgan fingerprint density at radius 3 is 2.52 bits per heavy atom. The van der Waals surface area contributed by atoms with Gasteiger partial charge in [0.05, 0.1) is 17.3 Å². The largest absolute Gasteiger partial charge is 0.507 e. The van der Waals surface area contributed by atoms with Crippen LogP contribution in [0, 0.1) is 0 Å². The Morgan fingerprint density at radius 1 is 0.942 bits per heavy atom. The summed E-state index contributed by atoms with van der Waals surface area (Å²) in [6.45, 7) is 1.99. The van der Waals surface area contributed by atoms with E-state index in [4.69, 9.17) is 21.4 Å². The number of hydrogen-bond acceptors (Lipinski definition) is 10. The second kappa shape index (κ2) is 14.2. The zero-order chi connectivity index (χ0) is 35.8. The van der Waals surface area contributed by atoms with E-state index in [1.807, 2.05) is 12.1 Å². The summed E-state index contributed by atoms with van der Waals surface area (Å²) >= 11 is 0. The van der Waals surface area contributed by atoms with Gasteiger partial charge in [0, 0.05) is 71.6 Å². The Bertz CT molecular complexity index is 2210. The number of piperidine rings is 2. The minimum atomic E-state index is -0.461. The summed E-state index contributed by atoms with van der Waals surface area (Å²) in [4.78, 5) is 37.2. The molecule has 266 valence electrons. The van der Waals surface area contributed by atoms with E-state index in [0.717, 1.165) is 68.2 Å². The number of allylic oxidation sites excluding steroid dienone is 1. The zero-order valence-corrected chi connectivity index (χ0v) is 29.0. The van der Waals surface area contributed by atoms with Crippen molar-refractivity contribution in [3.05, 3.63) is 84.2 Å². The van der Waals surface area contributed by atoms with E-state index >= 15 is 0 Å². The number of benzene rings is 2. The number of phenolic OH excluding ortho intramolecular Hbond substituents is 1. The normalized spacial score (nSPS) is 22.4. The molecule has 12 heteroatoms. The van der Waals surface area contributed by atoms with Crippen LogP contribution >= 0.6 is 0 Å². The summed E-state index contributed by atoms with van der Waals surface area (Å²) < 4.78 is 2.05. The van der Waals surface area contributed by atoms with Crippen molar-refractivity contribution in [3.63, 3.8) is 0 Å². The van der Waals surface area contributed by atoms with Crippen molar-refractivity contribution in [1.82, 2.24) is 30.0 Å². The fourth-order valence-electron chi connectivity index (χ4n) is 8.53. The molecular formula is C40H43N9O3. The van der Waals surface area contributed by atoms with Crippen molar-refractivity contribution in [2.24, 2.45) is 10.7 Å². The standard InChI is InChI=1S/C40H43N9O3/c41-22-25(31-21-32(46-47-38(31)42)29-5-1-2-9-35(29)50)23-44-26-16-19-48(20-17-26)27-12-10-24(11-13-27)28-6-3-8-33-37(28)30-7-4-18-43-39(30)49(33)34-14-15-36(51)45-40(34)52/h1-9,18,21-24,26-27,34,50H,10-17,19-20,41H2,(H2,42,47)(H,45,51,52)/b25-22+,44-23?. The number of aromatic hydroxyl groups is 1. The minimum absolute atomic E-state index is 0.116. The number of imide groups is 1. The van der Waals surface area contributed by atoms with E-state index in [2.05, 4.69) is 49.2 Å². The number of nitrogens with two attached hydrogens (primary N) is 2. The number of aromatic nitrogens is 4. The number of phenols is 1. The fraction of sp³-hybridized carbons (Fsp3) is 0.350. The number of fused-ring (bicyclic) bond motifs is 3. The van der Waals surface area contributed by atoms with Gasteiger partial charge in [-0.05, 0) is 92.8 Å². The summed E-state index contributed by atoms with van der Waals surface area (Å²) in [6, 6.07) is 19.6. The van der Waals surface area contributed by atoms with Gasteiger partial charge in [0.25, 0.3) is 0 Å². The SMILES string of the molecule is N/C=C(\C=NC1CCN(C2CCC(c3cccc4c3c3cccnc3n4C3CCC(=O)NC3=O)CC2)CC1)c1cc(-c2ccccc2O)nnc1N. The molecule has 3 aliphatic rings. The van der Waals surface area contributed by atoms with Crippen LogP contribution in [-0.2, 0) is 9.59 Å². The first kappa shape index (κ1) is 33.5. The monoisotopic (exact) mass is 697 g/mol. The Hall–Kier alpha value is -5.62. The molecule has 2 aromatic carbocycles. The molecule has 1 saturated carbocycles. The van der Waals surface area contributed by atoms with E-state index in [-0.39, 0.29) is 29.4 Å². The second-order valence-electron chi connectivity index (χ2n) is 14.2. The van der Waals surface area contributed by atoms with Crippen molar-refractivity contribution < 1.29 is 14.7 Å². The summed E-state index contributed by atoms with van der Waals surface area (Å²) in [5.74, 6) is 0.316. The van der Waals surface area contributed by atoms with Crippen LogP contribution in [0.5, 0.6) is 5.75 Å². The number of amides is 2. The number of carbonyl (C=O) groups is 2. The molecule has 12 nitrogen and oxygen atoms in total. The number of anilines is 1. The third-order valence-electron chi connectivity index (χ3n) is 11.2. The smallest absolute Gasteiger partial charge is 0.249 e. The summed E-state index contributed by atoms with van der Waals surface area (Å²) in [5.41, 5.74) is 17.7. The van der Waals surface area contributed by atoms with Crippen molar-refractivity contribution in [3.8, 4) is 17.0 Å². The maximum atomic E-state index is 13.0. The van der Waals surface area contributed by atoms with E-state index in [1.165, 1.54) is 17.1 Å². The molecule has 0 spiro atoms. The molecule has 0 bridgehead atoms. The molecule has 1 aliphatic carbocycles. The van der Waals surface area contributed by atoms with Gasteiger partial charge >= 0.3 is 0 Å². The molecule has 52 heavy (non-hydrogen) atoms. The minimum Gasteiger partial charge on any atom is -0.507 e. The quantitative estimate of drug-likeness (QED) is 0.127. The van der Waals surface area contributed by atoms with Gasteiger partial charge in [-0.25, -0.2) is 4.98 Å². The van der Waals surface area contributed by atoms with Crippen LogP contribution in [0.1, 0.15) is 74.5 Å². The first-order valence-electron chi connectivity index (χ1n) is 18.2. The highest BCUT2D eigenvalue weighted by atomic mass is 16.3. The van der Waals surface area contributed by atoms with Gasteiger partial charge in [0.2, 0.25) is 11.8 Å². The predicted octanol–water partition coefficient (Wildman–Crippen LogP) is 5.47. The van der Waals surface area contributed by atoms with Crippen LogP contribution in [0.25, 0.3) is 38.8 Å². The molecule has 2 amide bonds. The average Bonchev–Trinajstić information content (AvgIpc) is 3.51. The third-order valence-corrected chi connectivity index (χ3v) is 11.2. The number of nitrogens with one attached hydrogen (secondary N) is 1. The average molecular weight is 698 g/mol. The number of pyridine rings is 1. The highest BCUT2D eigenvalue weighted by Gasteiger charge is 2.34. The number of likely N-dealkylation sites (tertiary alicyclic amines) is 1. The Labute approximate surface area is 301 Å². The van der Waals surface area contributed by atoms with Gasteiger partial charge in [0.15, 0.2) is 5.82 Å². The first-order chi connectivity index (χ1) is 25.4. The molecule has 2 aliphatic heterocycles. The van der Waals surface area contributed by atoms with Crippen molar-refractivity contribution >= 4 is 51.4 Å². The number of para-hydroxylation sites is 1. The van der Waals surface area contributed by atoms with Gasteiger partial charge in [-0.3, -0.25) is 19.9 Å². The van der Waals surface area contributed by atoms with E-state index in [9.17, 15) is 14.7 Å². The molecule has 1 unspecified atom stereocenters. The van der Waals surface area contributed by atoms with Gasteiger partial charge < -0.3 is 26.0 Å². The topological polar surface area (TPSA) is 178 Å². The van der Waals surface area contributed by atoms with Crippen molar-refractivity contribution in [2.45, 2.75) is 75.4 Å². The summed E-state index contributed by atoms with van der Waals surface area (Å²) in [7, 11) is 0. The van der Waals surface area contributed by atoms with Gasteiger partial charge in [0.1, 0.15) is 17.4 Å². The Morgan fingerprint density at radius 2 is 1.75 bits per heavy atom. The Balaban J connectivity index is 0.921. The molecule has 3 aromatic heterocycles. The molecular weight excluding hydrogens is 654 g/mol. The van der Waals surface area contributed by atoms with E-state index in [0.29, 0.717) is 47.2 Å². The lowest BCUT2D eigenvalue weighted by Gasteiger charge is -2.40. The summed E-state index contributed by atoms with van der Waals surface area (Å²) in [5, 5.41) is 23.4. The van der Waals surface area contributed by atoms with Crippen LogP contribution in [0.2, 0.25) is 0 Å². The molecule has 3 fully saturated rings. The van der Waals surface area contributed by atoms with Crippen LogP contribution in [0.4, 0.5) is 5.82 Å². The number of rotatable bonds is 7. The van der Waals surface area contributed by atoms with E-state index < -0.39 is 6.04 Å². The van der Waals surface area contributed by atoms with Crippen LogP contribution in [-0.4, -0.2) is 73.0 Å². The number of hydrogen-bond donors (Lipinski definition) is 4. The number of nitrogens with zero attached hydrogens (tertiary/aromatic N) is 6. The lowest BCUT2D eigenvalue weighted by molar-refractivity contribution is -0.135. The van der Waals surface area contributed by atoms with Crippen molar-refractivity contribution in [2.75, 3.05) is 18.8 Å². The zero-order valence-electron chi connectivity index (χ0n) is 29.0. The lowest BCUT2D eigenvalue weighted by atomic mass is 9.79. The van der Waals surface area contributed by atoms with Crippen LogP contribution < -0.4 is 16.8 Å². The fourth-order valence-corrected chi connectivity index (χ4v) is 8.53. The molecule has 6 N–H and O–H groups in total. The molecule has 2 saturated heterocycles. The summed E-state index contributed by atoms with van der Waals surface area (Å²) in [6.07, 6.45) is 12.2. The first-order valence-corrected chi connectivity index (χ1v) is 18.2. The molecule has 1 atom stereocenters. The van der Waals surface area contributed by atoms with Gasteiger partial charge in [-0.1, -0.05) is 24.3 Å². The highest BCUT2D eigenvalue weighted by Crippen LogP contribution is 2.43. The number of carbonyl (C=O) groups excluding carboxylic acids is 2. The number of aliphatic imine (C=N–C) groups is 1. The second-order valence-corrected chi connectivity index (χ2v) is 14.2. The van der Waals surface area contributed by atoms with Crippen LogP contribution in [0.15, 0.2) is 78.1 Å². The molecule has 5 aromatic rings. The predicted molar refractivity (Wildman–Crippen MR) is 202 cm³/mol.